The number of carbonyl (C=O) groups is 2. The van der Waals surface area contributed by atoms with Crippen LogP contribution in [0.25, 0.3) is 0 Å². The van der Waals surface area contributed by atoms with Gasteiger partial charge in [0.1, 0.15) is 5.82 Å². The van der Waals surface area contributed by atoms with Gasteiger partial charge < -0.3 is 10.2 Å². The van der Waals surface area contributed by atoms with Gasteiger partial charge in [0.25, 0.3) is 5.91 Å². The molecule has 1 saturated heterocycles. The summed E-state index contributed by atoms with van der Waals surface area (Å²) in [5.41, 5.74) is 2.53. The smallest absolute Gasteiger partial charge is 0.259 e. The van der Waals surface area contributed by atoms with Crippen LogP contribution < -0.4 is 5.32 Å². The lowest BCUT2D eigenvalue weighted by atomic mass is 9.99. The molecule has 6 nitrogen and oxygen atoms in total. The summed E-state index contributed by atoms with van der Waals surface area (Å²) in [5.74, 6) is -0.0566. The van der Waals surface area contributed by atoms with Crippen LogP contribution in [0.5, 0.6) is 0 Å². The van der Waals surface area contributed by atoms with Crippen LogP contribution in [0, 0.1) is 12.7 Å². The third-order valence-electron chi connectivity index (χ3n) is 5.94. The zero-order valence-corrected chi connectivity index (χ0v) is 18.6. The number of benzene rings is 2. The van der Waals surface area contributed by atoms with Gasteiger partial charge in [-0.05, 0) is 62.4 Å². The van der Waals surface area contributed by atoms with E-state index in [4.69, 9.17) is 0 Å². The Hall–Kier alpha value is -3.61. The van der Waals surface area contributed by atoms with Gasteiger partial charge in [0.05, 0.1) is 17.3 Å². The molecule has 1 fully saturated rings. The average molecular weight is 447 g/mol. The molecule has 0 unspecified atom stereocenters. The molecule has 170 valence electrons. The number of likely N-dealkylation sites (tertiary alicyclic amines) is 1. The van der Waals surface area contributed by atoms with E-state index in [2.05, 4.69) is 15.3 Å². The van der Waals surface area contributed by atoms with E-state index in [1.807, 2.05) is 35.2 Å². The van der Waals surface area contributed by atoms with Crippen molar-refractivity contribution in [3.05, 3.63) is 89.3 Å². The normalized spacial score (nSPS) is 15.8. The monoisotopic (exact) mass is 446 g/mol. The van der Waals surface area contributed by atoms with E-state index in [1.165, 1.54) is 30.5 Å². The van der Waals surface area contributed by atoms with Gasteiger partial charge in [0.2, 0.25) is 5.91 Å². The second-order valence-corrected chi connectivity index (χ2v) is 8.27. The summed E-state index contributed by atoms with van der Waals surface area (Å²) in [6.45, 7) is 2.45. The molecule has 1 aliphatic rings. The topological polar surface area (TPSA) is 75.2 Å². The third kappa shape index (κ3) is 5.61. The average Bonchev–Trinajstić information content (AvgIpc) is 2.84. The molecule has 0 spiro atoms. The van der Waals surface area contributed by atoms with Crippen LogP contribution >= 0.6 is 0 Å². The highest BCUT2D eigenvalue weighted by molar-refractivity contribution is 6.04. The fourth-order valence-corrected chi connectivity index (χ4v) is 4.14. The molecule has 0 bridgehead atoms. The predicted molar refractivity (Wildman–Crippen MR) is 124 cm³/mol. The van der Waals surface area contributed by atoms with Crippen molar-refractivity contribution in [2.45, 2.75) is 45.1 Å². The van der Waals surface area contributed by atoms with Crippen molar-refractivity contribution in [2.24, 2.45) is 0 Å². The van der Waals surface area contributed by atoms with Crippen LogP contribution in [-0.2, 0) is 11.2 Å². The zero-order valence-electron chi connectivity index (χ0n) is 18.6. The first-order valence-electron chi connectivity index (χ1n) is 11.2. The molecular formula is C26H27FN4O2. The lowest BCUT2D eigenvalue weighted by molar-refractivity contribution is -0.135. The Labute approximate surface area is 192 Å². The Morgan fingerprint density at radius 2 is 1.85 bits per heavy atom. The van der Waals surface area contributed by atoms with Crippen molar-refractivity contribution in [1.82, 2.24) is 14.9 Å². The molecule has 2 amide bonds. The van der Waals surface area contributed by atoms with Crippen molar-refractivity contribution in [2.75, 3.05) is 11.9 Å². The lowest BCUT2D eigenvalue weighted by Gasteiger charge is -2.35. The minimum Gasteiger partial charge on any atom is -0.332 e. The summed E-state index contributed by atoms with van der Waals surface area (Å²) in [4.78, 5) is 36.6. The Morgan fingerprint density at radius 1 is 1.09 bits per heavy atom. The minimum atomic E-state index is -0.368. The van der Waals surface area contributed by atoms with Crippen LogP contribution in [0.15, 0.2) is 60.8 Å². The molecule has 1 atom stereocenters. The number of rotatable bonds is 6. The highest BCUT2D eigenvalue weighted by atomic mass is 19.1. The summed E-state index contributed by atoms with van der Waals surface area (Å²) in [6, 6.07) is 15.4. The van der Waals surface area contributed by atoms with Crippen molar-refractivity contribution in [1.29, 1.82) is 0 Å². The van der Waals surface area contributed by atoms with Crippen LogP contribution in [0.3, 0.4) is 0 Å². The third-order valence-corrected chi connectivity index (χ3v) is 5.94. The summed E-state index contributed by atoms with van der Waals surface area (Å²) < 4.78 is 13.1. The minimum absolute atomic E-state index is 0.0999. The Kier molecular flexibility index (Phi) is 7.07. The van der Waals surface area contributed by atoms with Crippen LogP contribution in [0.2, 0.25) is 0 Å². The standard InChI is InChI=1S/C26H27FN4O2/c1-18-22(26(33)30-21-13-11-20(27)12-14-21)17-28-25(29-18)23-9-5-6-16-31(23)24(32)15-10-19-7-3-2-4-8-19/h2-4,7-8,11-14,17,23H,5-6,9-10,15-16H2,1H3,(H,30,33)/t23-/m0/s1. The summed E-state index contributed by atoms with van der Waals surface area (Å²) in [7, 11) is 0. The fourth-order valence-electron chi connectivity index (χ4n) is 4.14. The number of amides is 2. The van der Waals surface area contributed by atoms with Gasteiger partial charge in [-0.1, -0.05) is 30.3 Å². The van der Waals surface area contributed by atoms with Gasteiger partial charge in [0.15, 0.2) is 5.82 Å². The van der Waals surface area contributed by atoms with Crippen molar-refractivity contribution >= 4 is 17.5 Å². The molecule has 3 aromatic rings. The first-order chi connectivity index (χ1) is 16.0. The first kappa shape index (κ1) is 22.6. The number of carbonyl (C=O) groups excluding carboxylic acids is 2. The molecule has 0 aliphatic carbocycles. The van der Waals surface area contributed by atoms with E-state index in [0.717, 1.165) is 24.8 Å². The molecule has 33 heavy (non-hydrogen) atoms. The van der Waals surface area contributed by atoms with Gasteiger partial charge >= 0.3 is 0 Å². The lowest BCUT2D eigenvalue weighted by Crippen LogP contribution is -2.39. The van der Waals surface area contributed by atoms with Gasteiger partial charge in [-0.3, -0.25) is 9.59 Å². The van der Waals surface area contributed by atoms with E-state index in [0.29, 0.717) is 42.2 Å². The van der Waals surface area contributed by atoms with E-state index in [1.54, 1.807) is 6.92 Å². The van der Waals surface area contributed by atoms with E-state index >= 15 is 0 Å². The summed E-state index contributed by atoms with van der Waals surface area (Å²) in [6.07, 6.45) is 5.42. The Bertz CT molecular complexity index is 1120. The number of nitrogens with one attached hydrogen (secondary N) is 1. The number of hydrogen-bond acceptors (Lipinski definition) is 4. The van der Waals surface area contributed by atoms with E-state index in [-0.39, 0.29) is 23.7 Å². The molecule has 0 radical (unpaired) electrons. The Balaban J connectivity index is 1.46. The summed E-state index contributed by atoms with van der Waals surface area (Å²) >= 11 is 0. The maximum Gasteiger partial charge on any atom is 0.259 e. The molecule has 2 aromatic carbocycles. The molecule has 1 aliphatic heterocycles. The molecule has 7 heteroatoms. The van der Waals surface area contributed by atoms with E-state index < -0.39 is 0 Å². The number of aromatic nitrogens is 2. The van der Waals surface area contributed by atoms with Crippen molar-refractivity contribution in [3.63, 3.8) is 0 Å². The summed E-state index contributed by atoms with van der Waals surface area (Å²) in [5, 5.41) is 2.73. The van der Waals surface area contributed by atoms with Gasteiger partial charge in [-0.2, -0.15) is 0 Å². The van der Waals surface area contributed by atoms with Crippen LogP contribution in [-0.4, -0.2) is 33.2 Å². The number of nitrogens with zero attached hydrogens (tertiary/aromatic N) is 3. The molecule has 4 rings (SSSR count). The van der Waals surface area contributed by atoms with Crippen molar-refractivity contribution < 1.29 is 14.0 Å². The maximum absolute atomic E-state index is 13.1. The van der Waals surface area contributed by atoms with Gasteiger partial charge in [0, 0.05) is 24.8 Å². The second-order valence-electron chi connectivity index (χ2n) is 8.27. The molecule has 1 N–H and O–H groups in total. The molecule has 1 aromatic heterocycles. The van der Waals surface area contributed by atoms with Crippen LogP contribution in [0.1, 0.15) is 59.2 Å². The quantitative estimate of drug-likeness (QED) is 0.587. The number of aryl methyl sites for hydroxylation is 2. The fraction of sp³-hybridized carbons (Fsp3) is 0.308. The molecule has 2 heterocycles. The highest BCUT2D eigenvalue weighted by Gasteiger charge is 2.30. The SMILES string of the molecule is Cc1nc([C@@H]2CCCCN2C(=O)CCc2ccccc2)ncc1C(=O)Nc1ccc(F)cc1. The largest absolute Gasteiger partial charge is 0.332 e. The highest BCUT2D eigenvalue weighted by Crippen LogP contribution is 2.30. The maximum atomic E-state index is 13.1. The van der Waals surface area contributed by atoms with E-state index in [9.17, 15) is 14.0 Å². The van der Waals surface area contributed by atoms with Gasteiger partial charge in [-0.15, -0.1) is 0 Å². The number of hydrogen-bond donors (Lipinski definition) is 1. The molecule has 0 saturated carbocycles. The van der Waals surface area contributed by atoms with Gasteiger partial charge in [-0.25, -0.2) is 14.4 Å². The predicted octanol–water partition coefficient (Wildman–Crippen LogP) is 4.86. The van der Waals surface area contributed by atoms with Crippen molar-refractivity contribution in [3.8, 4) is 0 Å². The second kappa shape index (κ2) is 10.3. The number of halogens is 1. The Morgan fingerprint density at radius 3 is 2.58 bits per heavy atom. The molecular weight excluding hydrogens is 419 g/mol. The number of anilines is 1. The number of piperidine rings is 1. The first-order valence-corrected chi connectivity index (χ1v) is 11.2. The van der Waals surface area contributed by atoms with Crippen LogP contribution in [0.4, 0.5) is 10.1 Å². The zero-order chi connectivity index (χ0) is 23.2.